The molecule has 8 heteroatoms. The van der Waals surface area contributed by atoms with E-state index in [0.29, 0.717) is 28.9 Å². The fraction of sp³-hybridized carbons (Fsp3) is 0.300. The Hall–Kier alpha value is -3.60. The first-order chi connectivity index (χ1) is 13.5. The molecule has 0 spiro atoms. The summed E-state index contributed by atoms with van der Waals surface area (Å²) in [5.74, 6) is 0.449. The minimum Gasteiger partial charge on any atom is -0.379 e. The molecule has 8 nitrogen and oxygen atoms in total. The molecule has 0 bridgehead atoms. The second-order valence-corrected chi connectivity index (χ2v) is 7.20. The van der Waals surface area contributed by atoms with E-state index >= 15 is 0 Å². The molecular formula is C20H21N7O. The van der Waals surface area contributed by atoms with Crippen molar-refractivity contribution in [2.24, 2.45) is 5.92 Å². The van der Waals surface area contributed by atoms with Gasteiger partial charge in [-0.25, -0.2) is 4.98 Å². The van der Waals surface area contributed by atoms with E-state index in [4.69, 9.17) is 0 Å². The lowest BCUT2D eigenvalue weighted by Gasteiger charge is -2.12. The number of aromatic nitrogens is 3. The van der Waals surface area contributed by atoms with E-state index in [9.17, 15) is 10.1 Å². The fourth-order valence-electron chi connectivity index (χ4n) is 2.77. The van der Waals surface area contributed by atoms with Crippen LogP contribution in [0.5, 0.6) is 0 Å². The smallest absolute Gasteiger partial charge is 0.226 e. The molecule has 1 saturated carbocycles. The molecule has 2 aromatic heterocycles. The van der Waals surface area contributed by atoms with Gasteiger partial charge < -0.3 is 16.0 Å². The molecular weight excluding hydrogens is 354 g/mol. The number of hydrogen-bond donors (Lipinski definition) is 3. The Balaban J connectivity index is 1.64. The first-order valence-electron chi connectivity index (χ1n) is 9.27. The molecule has 3 N–H and O–H groups in total. The molecule has 4 rings (SSSR count). The number of anilines is 4. The van der Waals surface area contributed by atoms with Crippen molar-refractivity contribution in [3.8, 4) is 6.07 Å². The molecule has 2 heterocycles. The molecule has 0 unspecified atom stereocenters. The van der Waals surface area contributed by atoms with Gasteiger partial charge >= 0.3 is 0 Å². The van der Waals surface area contributed by atoms with E-state index in [1.165, 1.54) is 10.7 Å². The van der Waals surface area contributed by atoms with Crippen LogP contribution in [0.4, 0.5) is 22.9 Å². The summed E-state index contributed by atoms with van der Waals surface area (Å²) in [6, 6.07) is 11.9. The van der Waals surface area contributed by atoms with E-state index in [-0.39, 0.29) is 11.8 Å². The SMILES string of the molecule is CC(C)C(=O)Nc1cccc(Nc2cc(NC3CC3)c3ncc(C#N)n3n2)c1. The molecule has 3 aromatic rings. The van der Waals surface area contributed by atoms with Crippen molar-refractivity contribution in [2.45, 2.75) is 32.7 Å². The van der Waals surface area contributed by atoms with Gasteiger partial charge in [0.1, 0.15) is 6.07 Å². The monoisotopic (exact) mass is 375 g/mol. The van der Waals surface area contributed by atoms with Gasteiger partial charge in [-0.1, -0.05) is 19.9 Å². The molecule has 28 heavy (non-hydrogen) atoms. The van der Waals surface area contributed by atoms with Crippen LogP contribution in [0.1, 0.15) is 32.4 Å². The number of nitriles is 1. The number of nitrogens with one attached hydrogen (secondary N) is 3. The Bertz CT molecular complexity index is 1080. The van der Waals surface area contributed by atoms with Crippen LogP contribution in [0.2, 0.25) is 0 Å². The van der Waals surface area contributed by atoms with E-state index in [0.717, 1.165) is 24.2 Å². The van der Waals surface area contributed by atoms with Gasteiger partial charge in [0.15, 0.2) is 17.2 Å². The number of hydrogen-bond acceptors (Lipinski definition) is 6. The van der Waals surface area contributed by atoms with Gasteiger partial charge in [0.2, 0.25) is 5.91 Å². The molecule has 1 aliphatic rings. The van der Waals surface area contributed by atoms with Crippen LogP contribution in [-0.2, 0) is 4.79 Å². The minimum atomic E-state index is -0.0950. The Morgan fingerprint density at radius 2 is 2.07 bits per heavy atom. The van der Waals surface area contributed by atoms with Crippen LogP contribution in [-0.4, -0.2) is 26.5 Å². The zero-order chi connectivity index (χ0) is 19.7. The molecule has 0 saturated heterocycles. The van der Waals surface area contributed by atoms with Crippen molar-refractivity contribution < 1.29 is 4.79 Å². The summed E-state index contributed by atoms with van der Waals surface area (Å²) in [5, 5.41) is 23.4. The van der Waals surface area contributed by atoms with Gasteiger partial charge in [0, 0.05) is 29.4 Å². The summed E-state index contributed by atoms with van der Waals surface area (Å²) in [7, 11) is 0. The molecule has 1 amide bonds. The Morgan fingerprint density at radius 1 is 1.29 bits per heavy atom. The molecule has 142 valence electrons. The normalized spacial score (nSPS) is 13.4. The number of carbonyl (C=O) groups excluding carboxylic acids is 1. The summed E-state index contributed by atoms with van der Waals surface area (Å²) in [4.78, 5) is 16.3. The zero-order valence-electron chi connectivity index (χ0n) is 15.7. The van der Waals surface area contributed by atoms with Crippen LogP contribution < -0.4 is 16.0 Å². The highest BCUT2D eigenvalue weighted by Gasteiger charge is 2.23. The number of carbonyl (C=O) groups is 1. The first kappa shape index (κ1) is 17.8. The van der Waals surface area contributed by atoms with E-state index in [2.05, 4.69) is 32.1 Å². The predicted octanol–water partition coefficient (Wildman–Crippen LogP) is 3.51. The maximum absolute atomic E-state index is 11.9. The summed E-state index contributed by atoms with van der Waals surface area (Å²) < 4.78 is 1.54. The van der Waals surface area contributed by atoms with Gasteiger partial charge in [-0.05, 0) is 31.0 Å². The average molecular weight is 375 g/mol. The van der Waals surface area contributed by atoms with Gasteiger partial charge in [-0.2, -0.15) is 9.78 Å². The highest BCUT2D eigenvalue weighted by atomic mass is 16.1. The third-order valence-electron chi connectivity index (χ3n) is 4.45. The molecule has 0 atom stereocenters. The third kappa shape index (κ3) is 3.74. The molecule has 1 aliphatic carbocycles. The van der Waals surface area contributed by atoms with Gasteiger partial charge in [-0.15, -0.1) is 5.10 Å². The number of fused-ring (bicyclic) bond motifs is 1. The van der Waals surface area contributed by atoms with E-state index in [1.54, 1.807) is 0 Å². The summed E-state index contributed by atoms with van der Waals surface area (Å²) >= 11 is 0. The largest absolute Gasteiger partial charge is 0.379 e. The van der Waals surface area contributed by atoms with Crippen molar-refractivity contribution in [3.63, 3.8) is 0 Å². The van der Waals surface area contributed by atoms with Crippen molar-refractivity contribution in [1.29, 1.82) is 5.26 Å². The van der Waals surface area contributed by atoms with Gasteiger partial charge in [0.25, 0.3) is 0 Å². The number of rotatable bonds is 6. The Morgan fingerprint density at radius 3 is 2.79 bits per heavy atom. The Labute approximate surface area is 162 Å². The van der Waals surface area contributed by atoms with Crippen LogP contribution >= 0.6 is 0 Å². The van der Waals surface area contributed by atoms with Crippen molar-refractivity contribution in [1.82, 2.24) is 14.6 Å². The molecule has 1 aromatic carbocycles. The average Bonchev–Trinajstić information content (AvgIpc) is 3.38. The summed E-state index contributed by atoms with van der Waals surface area (Å²) in [5.41, 5.74) is 3.33. The third-order valence-corrected chi connectivity index (χ3v) is 4.45. The predicted molar refractivity (Wildman–Crippen MR) is 108 cm³/mol. The van der Waals surface area contributed by atoms with Crippen LogP contribution in [0.15, 0.2) is 36.5 Å². The first-order valence-corrected chi connectivity index (χ1v) is 9.27. The Kier molecular flexibility index (Phi) is 4.57. The summed E-state index contributed by atoms with van der Waals surface area (Å²) in [6.45, 7) is 3.70. The molecule has 0 aliphatic heterocycles. The number of benzene rings is 1. The lowest BCUT2D eigenvalue weighted by atomic mass is 10.2. The number of amides is 1. The van der Waals surface area contributed by atoms with Crippen molar-refractivity contribution in [3.05, 3.63) is 42.2 Å². The van der Waals surface area contributed by atoms with E-state index in [1.807, 2.05) is 44.2 Å². The van der Waals surface area contributed by atoms with E-state index < -0.39 is 0 Å². The maximum atomic E-state index is 11.9. The standard InChI is InChI=1S/C20H21N7O/c1-12(2)20(28)25-15-5-3-4-14(8-15)24-18-9-17(23-13-6-7-13)19-22-11-16(10-21)27(19)26-18/h3-5,8-9,11-13,23H,6-7H2,1-2H3,(H,24,26)(H,25,28). The highest BCUT2D eigenvalue weighted by molar-refractivity contribution is 5.92. The topological polar surface area (TPSA) is 107 Å². The van der Waals surface area contributed by atoms with Gasteiger partial charge in [0.05, 0.1) is 11.9 Å². The quantitative estimate of drug-likeness (QED) is 0.608. The minimum absolute atomic E-state index is 0.0373. The molecule has 0 radical (unpaired) electrons. The van der Waals surface area contributed by atoms with Crippen LogP contribution in [0.3, 0.4) is 0 Å². The summed E-state index contributed by atoms with van der Waals surface area (Å²) in [6.07, 6.45) is 3.77. The lowest BCUT2D eigenvalue weighted by Crippen LogP contribution is -2.17. The maximum Gasteiger partial charge on any atom is 0.226 e. The molecule has 1 fully saturated rings. The van der Waals surface area contributed by atoms with Crippen molar-refractivity contribution in [2.75, 3.05) is 16.0 Å². The van der Waals surface area contributed by atoms with Crippen LogP contribution in [0, 0.1) is 17.2 Å². The lowest BCUT2D eigenvalue weighted by molar-refractivity contribution is -0.118. The highest BCUT2D eigenvalue weighted by Crippen LogP contribution is 2.29. The van der Waals surface area contributed by atoms with Crippen LogP contribution in [0.25, 0.3) is 5.65 Å². The second-order valence-electron chi connectivity index (χ2n) is 7.20. The number of imidazole rings is 1. The number of nitrogens with zero attached hydrogens (tertiary/aromatic N) is 4. The second kappa shape index (κ2) is 7.19. The zero-order valence-corrected chi connectivity index (χ0v) is 15.7. The van der Waals surface area contributed by atoms with Crippen molar-refractivity contribution >= 4 is 34.4 Å². The van der Waals surface area contributed by atoms with Gasteiger partial charge in [-0.3, -0.25) is 4.79 Å². The fourth-order valence-corrected chi connectivity index (χ4v) is 2.77.